The van der Waals surface area contributed by atoms with Crippen LogP contribution in [0.2, 0.25) is 10.0 Å². The molecule has 0 spiro atoms. The van der Waals surface area contributed by atoms with E-state index in [9.17, 15) is 9.59 Å². The molecule has 0 radical (unpaired) electrons. The van der Waals surface area contributed by atoms with Gasteiger partial charge in [-0.05, 0) is 62.2 Å². The molecule has 0 aliphatic carbocycles. The normalized spacial score (nSPS) is 16.2. The Morgan fingerprint density at radius 3 is 2.28 bits per heavy atom. The molecule has 0 bridgehead atoms. The van der Waals surface area contributed by atoms with Gasteiger partial charge in [0.05, 0.1) is 27.9 Å². The summed E-state index contributed by atoms with van der Waals surface area (Å²) in [6.07, 6.45) is 1.49. The maximum atomic E-state index is 13.5. The standard InChI is InChI=1S/C24H20Cl2N2O3S/c1-13(2)31-23(30)20-14(3)27-24-28(21(20)16-6-10-18(26)11-7-16)22(29)19(32-24)12-15-4-8-17(25)9-5-15/h4-13,21H,1-3H3. The Morgan fingerprint density at radius 1 is 1.09 bits per heavy atom. The number of aromatic nitrogens is 1. The van der Waals surface area contributed by atoms with Crippen LogP contribution in [0, 0.1) is 0 Å². The lowest BCUT2D eigenvalue weighted by Crippen LogP contribution is -2.40. The van der Waals surface area contributed by atoms with E-state index < -0.39 is 12.0 Å². The number of esters is 1. The average Bonchev–Trinajstić information content (AvgIpc) is 3.03. The van der Waals surface area contributed by atoms with Crippen LogP contribution in [0.4, 0.5) is 0 Å². The highest BCUT2D eigenvalue weighted by molar-refractivity contribution is 7.07. The van der Waals surface area contributed by atoms with Crippen LogP contribution in [0.3, 0.4) is 0 Å². The minimum atomic E-state index is -0.665. The lowest BCUT2D eigenvalue weighted by molar-refractivity contribution is -0.143. The van der Waals surface area contributed by atoms with Crippen molar-refractivity contribution in [3.63, 3.8) is 0 Å². The number of carbonyl (C=O) groups is 1. The van der Waals surface area contributed by atoms with Gasteiger partial charge in [-0.1, -0.05) is 58.8 Å². The van der Waals surface area contributed by atoms with Crippen molar-refractivity contribution < 1.29 is 9.53 Å². The molecule has 3 aromatic rings. The van der Waals surface area contributed by atoms with Crippen LogP contribution in [-0.4, -0.2) is 16.6 Å². The zero-order valence-electron chi connectivity index (χ0n) is 17.6. The number of hydrogen-bond acceptors (Lipinski definition) is 5. The molecule has 4 rings (SSSR count). The van der Waals surface area contributed by atoms with Gasteiger partial charge in [0.1, 0.15) is 0 Å². The number of halogens is 2. The molecule has 1 atom stereocenters. The van der Waals surface area contributed by atoms with Gasteiger partial charge in [-0.2, -0.15) is 0 Å². The summed E-state index contributed by atoms with van der Waals surface area (Å²) in [5, 5.41) is 1.19. The Hall–Kier alpha value is -2.67. The maximum Gasteiger partial charge on any atom is 0.338 e. The van der Waals surface area contributed by atoms with E-state index in [-0.39, 0.29) is 11.7 Å². The molecule has 0 fully saturated rings. The summed E-state index contributed by atoms with van der Waals surface area (Å²) in [7, 11) is 0. The van der Waals surface area contributed by atoms with Crippen molar-refractivity contribution >= 4 is 46.6 Å². The summed E-state index contributed by atoms with van der Waals surface area (Å²) in [6.45, 7) is 5.33. The molecule has 0 saturated carbocycles. The van der Waals surface area contributed by atoms with Gasteiger partial charge in [-0.15, -0.1) is 0 Å². The van der Waals surface area contributed by atoms with E-state index in [4.69, 9.17) is 27.9 Å². The van der Waals surface area contributed by atoms with Crippen LogP contribution in [0.5, 0.6) is 0 Å². The second-order valence-electron chi connectivity index (χ2n) is 7.64. The quantitative estimate of drug-likeness (QED) is 0.510. The molecule has 1 aliphatic rings. The lowest BCUT2D eigenvalue weighted by atomic mass is 9.96. The molecule has 0 saturated heterocycles. The molecule has 1 unspecified atom stereocenters. The second kappa shape index (κ2) is 9.06. The molecular formula is C24H20Cl2N2O3S. The van der Waals surface area contributed by atoms with Crippen molar-refractivity contribution in [3.8, 4) is 0 Å². The number of hydrogen-bond donors (Lipinski definition) is 0. The average molecular weight is 487 g/mol. The Kier molecular flexibility index (Phi) is 6.38. The first-order valence-electron chi connectivity index (χ1n) is 9.99. The van der Waals surface area contributed by atoms with E-state index in [1.165, 1.54) is 11.3 Å². The van der Waals surface area contributed by atoms with Crippen LogP contribution in [0.15, 0.2) is 69.6 Å². The van der Waals surface area contributed by atoms with Crippen LogP contribution < -0.4 is 14.9 Å². The molecule has 0 N–H and O–H groups in total. The lowest BCUT2D eigenvalue weighted by Gasteiger charge is -2.25. The van der Waals surface area contributed by atoms with E-state index in [1.54, 1.807) is 55.7 Å². The minimum absolute atomic E-state index is 0.231. The molecule has 1 aliphatic heterocycles. The fourth-order valence-electron chi connectivity index (χ4n) is 3.53. The first-order chi connectivity index (χ1) is 15.2. The van der Waals surface area contributed by atoms with Gasteiger partial charge in [0, 0.05) is 10.0 Å². The van der Waals surface area contributed by atoms with Gasteiger partial charge in [0.2, 0.25) is 0 Å². The van der Waals surface area contributed by atoms with Crippen molar-refractivity contribution in [2.24, 2.45) is 4.99 Å². The highest BCUT2D eigenvalue weighted by Crippen LogP contribution is 2.31. The Labute approximate surface area is 198 Å². The van der Waals surface area contributed by atoms with E-state index in [2.05, 4.69) is 4.99 Å². The topological polar surface area (TPSA) is 60.7 Å². The van der Waals surface area contributed by atoms with Gasteiger partial charge in [-0.25, -0.2) is 9.79 Å². The zero-order chi connectivity index (χ0) is 23.0. The Bertz CT molecular complexity index is 1380. The van der Waals surface area contributed by atoms with Crippen molar-refractivity contribution in [1.82, 2.24) is 4.57 Å². The van der Waals surface area contributed by atoms with Crippen LogP contribution in [0.25, 0.3) is 6.08 Å². The predicted molar refractivity (Wildman–Crippen MR) is 128 cm³/mol. The number of fused-ring (bicyclic) bond motifs is 1. The summed E-state index contributed by atoms with van der Waals surface area (Å²) in [4.78, 5) is 31.6. The van der Waals surface area contributed by atoms with Gasteiger partial charge < -0.3 is 4.74 Å². The van der Waals surface area contributed by atoms with Crippen LogP contribution in [0.1, 0.15) is 37.9 Å². The van der Waals surface area contributed by atoms with E-state index in [0.29, 0.717) is 30.6 Å². The van der Waals surface area contributed by atoms with Gasteiger partial charge in [0.25, 0.3) is 5.56 Å². The number of nitrogens with zero attached hydrogens (tertiary/aromatic N) is 2. The van der Waals surface area contributed by atoms with Crippen molar-refractivity contribution in [1.29, 1.82) is 0 Å². The highest BCUT2D eigenvalue weighted by Gasteiger charge is 2.33. The minimum Gasteiger partial charge on any atom is -0.459 e. The molecule has 32 heavy (non-hydrogen) atoms. The third-order valence-electron chi connectivity index (χ3n) is 4.94. The summed E-state index contributed by atoms with van der Waals surface area (Å²) < 4.78 is 7.55. The van der Waals surface area contributed by atoms with Gasteiger partial charge >= 0.3 is 5.97 Å². The summed E-state index contributed by atoms with van der Waals surface area (Å²) >= 11 is 13.3. The third-order valence-corrected chi connectivity index (χ3v) is 6.42. The second-order valence-corrected chi connectivity index (χ2v) is 9.52. The zero-order valence-corrected chi connectivity index (χ0v) is 20.0. The smallest absolute Gasteiger partial charge is 0.338 e. The first-order valence-corrected chi connectivity index (χ1v) is 11.6. The fourth-order valence-corrected chi connectivity index (χ4v) is 4.83. The molecule has 0 amide bonds. The molecule has 2 heterocycles. The summed E-state index contributed by atoms with van der Waals surface area (Å²) in [6, 6.07) is 13.7. The van der Waals surface area contributed by atoms with Crippen molar-refractivity contribution in [2.75, 3.05) is 0 Å². The van der Waals surface area contributed by atoms with Crippen molar-refractivity contribution in [2.45, 2.75) is 32.9 Å². The first kappa shape index (κ1) is 22.5. The maximum absolute atomic E-state index is 13.5. The van der Waals surface area contributed by atoms with Crippen LogP contribution in [-0.2, 0) is 9.53 Å². The van der Waals surface area contributed by atoms with Gasteiger partial charge in [-0.3, -0.25) is 9.36 Å². The Balaban J connectivity index is 1.93. The molecular weight excluding hydrogens is 467 g/mol. The fraction of sp³-hybridized carbons (Fsp3) is 0.208. The van der Waals surface area contributed by atoms with Gasteiger partial charge in [0.15, 0.2) is 4.80 Å². The van der Waals surface area contributed by atoms with Crippen molar-refractivity contribution in [3.05, 3.63) is 101 Å². The molecule has 1 aromatic heterocycles. The number of allylic oxidation sites excluding steroid dienone is 1. The molecule has 8 heteroatoms. The number of rotatable bonds is 4. The van der Waals surface area contributed by atoms with E-state index >= 15 is 0 Å². The summed E-state index contributed by atoms with van der Waals surface area (Å²) in [5.74, 6) is -0.492. The van der Waals surface area contributed by atoms with E-state index in [0.717, 1.165) is 11.1 Å². The van der Waals surface area contributed by atoms with E-state index in [1.807, 2.05) is 24.3 Å². The largest absolute Gasteiger partial charge is 0.459 e. The SMILES string of the molecule is CC1=C(C(=O)OC(C)C)C(c2ccc(Cl)cc2)n2c(sc(=Cc3ccc(Cl)cc3)c2=O)=N1. The molecule has 2 aromatic carbocycles. The summed E-state index contributed by atoms with van der Waals surface area (Å²) in [5.41, 5.74) is 2.23. The predicted octanol–water partition coefficient (Wildman–Crippen LogP) is 4.49. The Morgan fingerprint density at radius 2 is 1.69 bits per heavy atom. The molecule has 164 valence electrons. The highest BCUT2D eigenvalue weighted by atomic mass is 35.5. The number of benzene rings is 2. The number of thiazole rings is 1. The molecule has 5 nitrogen and oxygen atoms in total. The number of carbonyl (C=O) groups excluding carboxylic acids is 1. The van der Waals surface area contributed by atoms with Crippen LogP contribution >= 0.6 is 34.5 Å². The number of ether oxygens (including phenoxy) is 1. The monoisotopic (exact) mass is 486 g/mol. The third kappa shape index (κ3) is 4.44.